The number of nitrogens with one attached hydrogen (secondary N) is 1. The number of ether oxygens (including phenoxy) is 1. The highest BCUT2D eigenvalue weighted by Gasteiger charge is 2.07. The van der Waals surface area contributed by atoms with Crippen LogP contribution in [0.25, 0.3) is 11.0 Å². The van der Waals surface area contributed by atoms with Crippen molar-refractivity contribution >= 4 is 17.0 Å². The van der Waals surface area contributed by atoms with Gasteiger partial charge in [0.25, 0.3) is 0 Å². The van der Waals surface area contributed by atoms with Gasteiger partial charge in [-0.1, -0.05) is 0 Å². The molecule has 0 atom stereocenters. The molecule has 0 amide bonds. The molecule has 0 fully saturated rings. The van der Waals surface area contributed by atoms with Crippen molar-refractivity contribution in [3.8, 4) is 0 Å². The predicted molar refractivity (Wildman–Crippen MR) is 63.3 cm³/mol. The summed E-state index contributed by atoms with van der Waals surface area (Å²) < 4.78 is 4.97. The lowest BCUT2D eigenvalue weighted by Gasteiger charge is -1.95. The van der Waals surface area contributed by atoms with E-state index in [1.54, 1.807) is 25.3 Å². The summed E-state index contributed by atoms with van der Waals surface area (Å²) in [6, 6.07) is 4.88. The van der Waals surface area contributed by atoms with Crippen LogP contribution in [0.1, 0.15) is 22.6 Å². The summed E-state index contributed by atoms with van der Waals surface area (Å²) in [5, 5.41) is 8.87. The quantitative estimate of drug-likeness (QED) is 0.774. The highest BCUT2D eigenvalue weighted by molar-refractivity contribution is 5.92. The fraction of sp³-hybridized carbons (Fsp3) is 0.333. The van der Waals surface area contributed by atoms with E-state index in [1.165, 1.54) is 0 Å². The van der Waals surface area contributed by atoms with Crippen molar-refractivity contribution in [2.24, 2.45) is 0 Å². The van der Waals surface area contributed by atoms with Crippen molar-refractivity contribution in [3.63, 3.8) is 0 Å². The van der Waals surface area contributed by atoms with Gasteiger partial charge < -0.3 is 14.8 Å². The van der Waals surface area contributed by atoms with Crippen LogP contribution in [-0.2, 0) is 11.2 Å². The third kappa shape index (κ3) is 2.62. The molecule has 0 aliphatic rings. The number of aromatic carboxylic acids is 1. The fourth-order valence-electron chi connectivity index (χ4n) is 1.70. The Hall–Kier alpha value is -1.88. The van der Waals surface area contributed by atoms with Gasteiger partial charge in [-0.15, -0.1) is 0 Å². The van der Waals surface area contributed by atoms with Crippen molar-refractivity contribution in [2.45, 2.75) is 12.8 Å². The molecule has 17 heavy (non-hydrogen) atoms. The molecule has 1 heterocycles. The number of imidazole rings is 1. The molecule has 5 nitrogen and oxygen atoms in total. The molecular formula is C12H14N2O3. The SMILES string of the molecule is COCCCc1nc2ccc(C(=O)O)cc2[nH]1. The average molecular weight is 234 g/mol. The Morgan fingerprint density at radius 1 is 1.53 bits per heavy atom. The number of aromatic nitrogens is 2. The van der Waals surface area contributed by atoms with Crippen LogP contribution < -0.4 is 0 Å². The van der Waals surface area contributed by atoms with Crippen LogP contribution >= 0.6 is 0 Å². The molecule has 0 aliphatic heterocycles. The molecule has 2 aromatic rings. The normalized spacial score (nSPS) is 10.9. The van der Waals surface area contributed by atoms with Gasteiger partial charge in [0, 0.05) is 20.1 Å². The second kappa shape index (κ2) is 4.97. The lowest BCUT2D eigenvalue weighted by atomic mass is 10.2. The number of benzene rings is 1. The zero-order chi connectivity index (χ0) is 12.3. The third-order valence-electron chi connectivity index (χ3n) is 2.54. The number of carboxylic acid groups (broad SMARTS) is 1. The number of carbonyl (C=O) groups is 1. The number of aryl methyl sites for hydroxylation is 1. The Labute approximate surface area is 98.4 Å². The van der Waals surface area contributed by atoms with Gasteiger partial charge in [0.1, 0.15) is 5.82 Å². The van der Waals surface area contributed by atoms with E-state index in [4.69, 9.17) is 9.84 Å². The second-order valence-electron chi connectivity index (χ2n) is 3.82. The van der Waals surface area contributed by atoms with E-state index >= 15 is 0 Å². The van der Waals surface area contributed by atoms with Crippen molar-refractivity contribution in [3.05, 3.63) is 29.6 Å². The number of fused-ring (bicyclic) bond motifs is 1. The monoisotopic (exact) mass is 234 g/mol. The number of hydrogen-bond acceptors (Lipinski definition) is 3. The molecule has 1 aromatic carbocycles. The van der Waals surface area contributed by atoms with Gasteiger partial charge in [0.15, 0.2) is 0 Å². The number of aromatic amines is 1. The molecule has 0 unspecified atom stereocenters. The minimum atomic E-state index is -0.928. The Balaban J connectivity index is 2.21. The molecule has 5 heteroatoms. The zero-order valence-electron chi connectivity index (χ0n) is 9.56. The first-order chi connectivity index (χ1) is 8.20. The lowest BCUT2D eigenvalue weighted by molar-refractivity contribution is 0.0697. The predicted octanol–water partition coefficient (Wildman–Crippen LogP) is 1.84. The molecule has 0 spiro atoms. The van der Waals surface area contributed by atoms with E-state index < -0.39 is 5.97 Å². The van der Waals surface area contributed by atoms with E-state index in [0.717, 1.165) is 29.7 Å². The maximum absolute atomic E-state index is 10.8. The van der Waals surface area contributed by atoms with Gasteiger partial charge in [-0.05, 0) is 24.6 Å². The lowest BCUT2D eigenvalue weighted by Crippen LogP contribution is -1.95. The fourth-order valence-corrected chi connectivity index (χ4v) is 1.70. The summed E-state index contributed by atoms with van der Waals surface area (Å²) in [6.07, 6.45) is 1.69. The van der Waals surface area contributed by atoms with Crippen molar-refractivity contribution in [2.75, 3.05) is 13.7 Å². The summed E-state index contributed by atoms with van der Waals surface area (Å²) >= 11 is 0. The van der Waals surface area contributed by atoms with Gasteiger partial charge in [0.2, 0.25) is 0 Å². The molecule has 0 saturated carbocycles. The molecular weight excluding hydrogens is 220 g/mol. The number of methoxy groups -OCH3 is 1. The zero-order valence-corrected chi connectivity index (χ0v) is 9.56. The molecule has 90 valence electrons. The van der Waals surface area contributed by atoms with Crippen LogP contribution in [0.5, 0.6) is 0 Å². The van der Waals surface area contributed by atoms with Crippen LogP contribution in [0.2, 0.25) is 0 Å². The summed E-state index contributed by atoms with van der Waals surface area (Å²) in [6.45, 7) is 0.692. The van der Waals surface area contributed by atoms with Crippen LogP contribution in [0.15, 0.2) is 18.2 Å². The average Bonchev–Trinajstić information content (AvgIpc) is 2.70. The molecule has 0 saturated heterocycles. The number of hydrogen-bond donors (Lipinski definition) is 2. The van der Waals surface area contributed by atoms with Crippen molar-refractivity contribution < 1.29 is 14.6 Å². The first kappa shape index (κ1) is 11.6. The summed E-state index contributed by atoms with van der Waals surface area (Å²) in [7, 11) is 1.66. The maximum atomic E-state index is 10.8. The van der Waals surface area contributed by atoms with Gasteiger partial charge >= 0.3 is 5.97 Å². The minimum Gasteiger partial charge on any atom is -0.478 e. The molecule has 0 aliphatic carbocycles. The molecule has 2 rings (SSSR count). The summed E-state index contributed by atoms with van der Waals surface area (Å²) in [4.78, 5) is 18.3. The number of nitrogens with zero attached hydrogens (tertiary/aromatic N) is 1. The standard InChI is InChI=1S/C12H14N2O3/c1-17-6-2-3-11-13-9-5-4-8(12(15)16)7-10(9)14-11/h4-5,7H,2-3,6H2,1H3,(H,13,14)(H,15,16). The minimum absolute atomic E-state index is 0.268. The third-order valence-corrected chi connectivity index (χ3v) is 2.54. The first-order valence-electron chi connectivity index (χ1n) is 5.41. The number of H-pyrrole nitrogens is 1. The topological polar surface area (TPSA) is 75.2 Å². The highest BCUT2D eigenvalue weighted by atomic mass is 16.5. The Kier molecular flexibility index (Phi) is 3.39. The van der Waals surface area contributed by atoms with Crippen LogP contribution in [0.4, 0.5) is 0 Å². The van der Waals surface area contributed by atoms with E-state index in [9.17, 15) is 4.79 Å². The van der Waals surface area contributed by atoms with Gasteiger partial charge in [-0.25, -0.2) is 9.78 Å². The van der Waals surface area contributed by atoms with Gasteiger partial charge in [0.05, 0.1) is 16.6 Å². The van der Waals surface area contributed by atoms with Crippen molar-refractivity contribution in [1.29, 1.82) is 0 Å². The van der Waals surface area contributed by atoms with E-state index in [0.29, 0.717) is 6.61 Å². The number of rotatable bonds is 5. The molecule has 2 N–H and O–H groups in total. The maximum Gasteiger partial charge on any atom is 0.335 e. The molecule has 0 bridgehead atoms. The second-order valence-corrected chi connectivity index (χ2v) is 3.82. The van der Waals surface area contributed by atoms with Crippen LogP contribution in [0.3, 0.4) is 0 Å². The molecule has 0 radical (unpaired) electrons. The largest absolute Gasteiger partial charge is 0.478 e. The smallest absolute Gasteiger partial charge is 0.335 e. The Morgan fingerprint density at radius 3 is 3.06 bits per heavy atom. The van der Waals surface area contributed by atoms with Crippen LogP contribution in [-0.4, -0.2) is 34.8 Å². The Bertz CT molecular complexity index is 534. The van der Waals surface area contributed by atoms with Crippen molar-refractivity contribution in [1.82, 2.24) is 9.97 Å². The summed E-state index contributed by atoms with van der Waals surface area (Å²) in [5.74, 6) is -0.0676. The van der Waals surface area contributed by atoms with E-state index in [-0.39, 0.29) is 5.56 Å². The Morgan fingerprint density at radius 2 is 2.35 bits per heavy atom. The van der Waals surface area contributed by atoms with Crippen LogP contribution in [0, 0.1) is 0 Å². The van der Waals surface area contributed by atoms with Gasteiger partial charge in [-0.2, -0.15) is 0 Å². The highest BCUT2D eigenvalue weighted by Crippen LogP contribution is 2.14. The van der Waals surface area contributed by atoms with E-state index in [2.05, 4.69) is 9.97 Å². The van der Waals surface area contributed by atoms with Gasteiger partial charge in [-0.3, -0.25) is 0 Å². The summed E-state index contributed by atoms with van der Waals surface area (Å²) in [5.41, 5.74) is 1.82. The van der Waals surface area contributed by atoms with E-state index in [1.807, 2.05) is 0 Å². The first-order valence-corrected chi connectivity index (χ1v) is 5.41. The molecule has 1 aromatic heterocycles. The number of carboxylic acids is 1.